The van der Waals surface area contributed by atoms with Crippen molar-refractivity contribution in [3.63, 3.8) is 0 Å². The molecule has 0 aliphatic heterocycles. The van der Waals surface area contributed by atoms with Gasteiger partial charge in [-0.3, -0.25) is 0 Å². The highest BCUT2D eigenvalue weighted by Gasteiger charge is 2.04. The lowest BCUT2D eigenvalue weighted by Crippen LogP contribution is -1.90. The standard InChI is InChI=1S/C12H12O2.C10H8O2/c1-13-11-7-9-5-3-4-6-10(9)8-12(11)14-2;11-9-5-7-3-1-2-4-8(7)6-10(9)12/h3-8H,1-2H3;1-6,11-12H. The number of benzene rings is 4. The number of hydrogen-bond acceptors (Lipinski definition) is 4. The van der Waals surface area contributed by atoms with E-state index in [9.17, 15) is 0 Å². The van der Waals surface area contributed by atoms with E-state index in [-0.39, 0.29) is 11.5 Å². The second-order valence-electron chi connectivity index (χ2n) is 5.74. The van der Waals surface area contributed by atoms with Gasteiger partial charge >= 0.3 is 0 Å². The van der Waals surface area contributed by atoms with Crippen LogP contribution in [0.2, 0.25) is 0 Å². The summed E-state index contributed by atoms with van der Waals surface area (Å²) >= 11 is 0. The monoisotopic (exact) mass is 348 g/mol. The van der Waals surface area contributed by atoms with Gasteiger partial charge in [-0.1, -0.05) is 48.5 Å². The van der Waals surface area contributed by atoms with E-state index in [1.807, 2.05) is 48.5 Å². The molecule has 4 aromatic carbocycles. The second kappa shape index (κ2) is 7.66. The number of phenolic OH excluding ortho intramolecular Hbond substituents is 2. The molecule has 2 N–H and O–H groups in total. The minimum atomic E-state index is -0.0753. The Kier molecular flexibility index (Phi) is 5.13. The third-order valence-electron chi connectivity index (χ3n) is 4.09. The Labute approximate surface area is 151 Å². The van der Waals surface area contributed by atoms with Crippen molar-refractivity contribution in [2.45, 2.75) is 0 Å². The summed E-state index contributed by atoms with van der Waals surface area (Å²) in [6.07, 6.45) is 0. The van der Waals surface area contributed by atoms with E-state index in [0.717, 1.165) is 33.0 Å². The third kappa shape index (κ3) is 3.64. The fraction of sp³-hybridized carbons (Fsp3) is 0.0909. The first-order valence-corrected chi connectivity index (χ1v) is 8.14. The molecule has 0 bridgehead atoms. The van der Waals surface area contributed by atoms with Gasteiger partial charge in [0.15, 0.2) is 23.0 Å². The zero-order valence-corrected chi connectivity index (χ0v) is 14.6. The van der Waals surface area contributed by atoms with E-state index in [0.29, 0.717) is 0 Å². The van der Waals surface area contributed by atoms with Crippen LogP contribution in [0.5, 0.6) is 23.0 Å². The Morgan fingerprint density at radius 1 is 0.538 bits per heavy atom. The van der Waals surface area contributed by atoms with E-state index in [1.165, 1.54) is 0 Å². The van der Waals surface area contributed by atoms with Gasteiger partial charge in [0.2, 0.25) is 0 Å². The van der Waals surface area contributed by atoms with Crippen molar-refractivity contribution >= 4 is 21.5 Å². The molecule has 4 aromatic rings. The van der Waals surface area contributed by atoms with Gasteiger partial charge in [-0.05, 0) is 45.8 Å². The number of methoxy groups -OCH3 is 2. The van der Waals surface area contributed by atoms with Gasteiger partial charge in [-0.25, -0.2) is 0 Å². The van der Waals surface area contributed by atoms with Gasteiger partial charge in [0, 0.05) is 0 Å². The molecule has 132 valence electrons. The summed E-state index contributed by atoms with van der Waals surface area (Å²) in [5, 5.41) is 22.5. The molecule has 0 unspecified atom stereocenters. The minimum Gasteiger partial charge on any atom is -0.504 e. The maximum absolute atomic E-state index is 9.17. The van der Waals surface area contributed by atoms with Crippen molar-refractivity contribution < 1.29 is 19.7 Å². The SMILES string of the molecule is COc1cc2ccccc2cc1OC.Oc1cc2ccccc2cc1O. The highest BCUT2D eigenvalue weighted by Crippen LogP contribution is 2.32. The largest absolute Gasteiger partial charge is 0.504 e. The number of hydrogen-bond donors (Lipinski definition) is 2. The van der Waals surface area contributed by atoms with Crippen LogP contribution in [-0.4, -0.2) is 24.4 Å². The quantitative estimate of drug-likeness (QED) is 0.494. The van der Waals surface area contributed by atoms with Crippen LogP contribution in [0.15, 0.2) is 72.8 Å². The van der Waals surface area contributed by atoms with Crippen LogP contribution in [0, 0.1) is 0 Å². The molecule has 0 fully saturated rings. The molecular formula is C22H20O4. The molecule has 4 nitrogen and oxygen atoms in total. The van der Waals surface area contributed by atoms with Crippen molar-refractivity contribution in [2.75, 3.05) is 14.2 Å². The topological polar surface area (TPSA) is 58.9 Å². The van der Waals surface area contributed by atoms with Crippen LogP contribution < -0.4 is 9.47 Å². The molecular weight excluding hydrogens is 328 g/mol. The molecule has 0 amide bonds. The predicted molar refractivity (Wildman–Crippen MR) is 104 cm³/mol. The average Bonchev–Trinajstić information content (AvgIpc) is 2.68. The Balaban J connectivity index is 0.000000152. The first-order chi connectivity index (χ1) is 12.6. The first-order valence-electron chi connectivity index (χ1n) is 8.14. The number of aromatic hydroxyl groups is 2. The summed E-state index contributed by atoms with van der Waals surface area (Å²) in [5.74, 6) is 1.39. The van der Waals surface area contributed by atoms with Gasteiger partial charge < -0.3 is 19.7 Å². The molecule has 4 rings (SSSR count). The normalized spacial score (nSPS) is 10.2. The highest BCUT2D eigenvalue weighted by molar-refractivity contribution is 5.86. The number of rotatable bonds is 2. The summed E-state index contributed by atoms with van der Waals surface area (Å²) in [6, 6.07) is 22.7. The first kappa shape index (κ1) is 17.4. The van der Waals surface area contributed by atoms with Gasteiger partial charge in [0.25, 0.3) is 0 Å². The Bertz CT molecular complexity index is 958. The van der Waals surface area contributed by atoms with Gasteiger partial charge in [0.05, 0.1) is 14.2 Å². The number of fused-ring (bicyclic) bond motifs is 2. The van der Waals surface area contributed by atoms with Gasteiger partial charge in [-0.2, -0.15) is 0 Å². The third-order valence-corrected chi connectivity index (χ3v) is 4.09. The molecule has 0 spiro atoms. The lowest BCUT2D eigenvalue weighted by Gasteiger charge is -2.08. The Morgan fingerprint density at radius 2 is 0.846 bits per heavy atom. The van der Waals surface area contributed by atoms with E-state index in [4.69, 9.17) is 19.7 Å². The second-order valence-corrected chi connectivity index (χ2v) is 5.74. The predicted octanol–water partition coefficient (Wildman–Crippen LogP) is 5.11. The lowest BCUT2D eigenvalue weighted by molar-refractivity contribution is 0.356. The number of ether oxygens (including phenoxy) is 2. The fourth-order valence-corrected chi connectivity index (χ4v) is 2.73. The summed E-state index contributed by atoms with van der Waals surface area (Å²) in [4.78, 5) is 0. The van der Waals surface area contributed by atoms with Crippen molar-refractivity contribution in [3.8, 4) is 23.0 Å². The van der Waals surface area contributed by atoms with E-state index < -0.39 is 0 Å². The molecule has 0 saturated carbocycles. The van der Waals surface area contributed by atoms with Gasteiger partial charge in [0.1, 0.15) is 0 Å². The maximum Gasteiger partial charge on any atom is 0.161 e. The summed E-state index contributed by atoms with van der Waals surface area (Å²) < 4.78 is 10.4. The maximum atomic E-state index is 9.17. The van der Waals surface area contributed by atoms with Crippen LogP contribution in [0.25, 0.3) is 21.5 Å². The fourth-order valence-electron chi connectivity index (χ4n) is 2.73. The molecule has 0 aliphatic rings. The van der Waals surface area contributed by atoms with Crippen molar-refractivity contribution in [3.05, 3.63) is 72.8 Å². The number of phenols is 2. The van der Waals surface area contributed by atoms with Gasteiger partial charge in [-0.15, -0.1) is 0 Å². The highest BCUT2D eigenvalue weighted by atomic mass is 16.5. The summed E-state index contributed by atoms with van der Waals surface area (Å²) in [6.45, 7) is 0. The smallest absolute Gasteiger partial charge is 0.161 e. The van der Waals surface area contributed by atoms with Crippen molar-refractivity contribution in [1.82, 2.24) is 0 Å². The molecule has 4 heteroatoms. The van der Waals surface area contributed by atoms with E-state index in [2.05, 4.69) is 12.1 Å². The zero-order chi connectivity index (χ0) is 18.5. The zero-order valence-electron chi connectivity index (χ0n) is 14.6. The van der Waals surface area contributed by atoms with Crippen LogP contribution in [-0.2, 0) is 0 Å². The summed E-state index contributed by atoms with van der Waals surface area (Å²) in [7, 11) is 3.29. The molecule has 26 heavy (non-hydrogen) atoms. The molecule has 0 heterocycles. The van der Waals surface area contributed by atoms with Crippen LogP contribution in [0.3, 0.4) is 0 Å². The van der Waals surface area contributed by atoms with E-state index in [1.54, 1.807) is 26.4 Å². The van der Waals surface area contributed by atoms with E-state index >= 15 is 0 Å². The molecule has 0 saturated heterocycles. The Hall–Kier alpha value is -3.40. The van der Waals surface area contributed by atoms with Crippen LogP contribution in [0.4, 0.5) is 0 Å². The van der Waals surface area contributed by atoms with Crippen molar-refractivity contribution in [2.24, 2.45) is 0 Å². The molecule has 0 atom stereocenters. The molecule has 0 aliphatic carbocycles. The molecule has 0 aromatic heterocycles. The van der Waals surface area contributed by atoms with Crippen LogP contribution in [0.1, 0.15) is 0 Å². The minimum absolute atomic E-state index is 0.0753. The van der Waals surface area contributed by atoms with Crippen LogP contribution >= 0.6 is 0 Å². The summed E-state index contributed by atoms with van der Waals surface area (Å²) in [5.41, 5.74) is 0. The van der Waals surface area contributed by atoms with Crippen molar-refractivity contribution in [1.29, 1.82) is 0 Å². The lowest BCUT2D eigenvalue weighted by atomic mass is 10.1. The Morgan fingerprint density at radius 3 is 1.15 bits per heavy atom. The molecule has 0 radical (unpaired) electrons. The average molecular weight is 348 g/mol.